The van der Waals surface area contributed by atoms with Crippen LogP contribution in [0.15, 0.2) is 18.3 Å². The van der Waals surface area contributed by atoms with Gasteiger partial charge in [-0.1, -0.05) is 13.8 Å². The van der Waals surface area contributed by atoms with Crippen molar-refractivity contribution < 1.29 is 5.11 Å². The summed E-state index contributed by atoms with van der Waals surface area (Å²) in [6.45, 7) is 6.09. The van der Waals surface area contributed by atoms with Crippen molar-refractivity contribution in [2.75, 3.05) is 0 Å². The van der Waals surface area contributed by atoms with Gasteiger partial charge in [0, 0.05) is 18.3 Å². The Morgan fingerprint density at radius 1 is 1.38 bits per heavy atom. The van der Waals surface area contributed by atoms with Crippen molar-refractivity contribution in [2.24, 2.45) is 0 Å². The Kier molecular flexibility index (Phi) is 3.43. The zero-order chi connectivity index (χ0) is 9.84. The van der Waals surface area contributed by atoms with E-state index >= 15 is 0 Å². The number of aliphatic hydroxyl groups is 1. The van der Waals surface area contributed by atoms with Crippen molar-refractivity contribution in [1.29, 1.82) is 0 Å². The van der Waals surface area contributed by atoms with Gasteiger partial charge in [0.2, 0.25) is 0 Å². The van der Waals surface area contributed by atoms with E-state index in [4.69, 9.17) is 0 Å². The van der Waals surface area contributed by atoms with Gasteiger partial charge in [-0.3, -0.25) is 4.98 Å². The monoisotopic (exact) mass is 179 g/mol. The normalized spacial score (nSPS) is 13.3. The highest BCUT2D eigenvalue weighted by Crippen LogP contribution is 2.14. The van der Waals surface area contributed by atoms with Gasteiger partial charge < -0.3 is 5.11 Å². The first-order chi connectivity index (χ1) is 6.09. The Morgan fingerprint density at radius 3 is 2.62 bits per heavy atom. The molecule has 0 fully saturated rings. The van der Waals surface area contributed by atoms with Crippen LogP contribution >= 0.6 is 0 Å². The van der Waals surface area contributed by atoms with Crippen LogP contribution in [0.5, 0.6) is 0 Å². The molecule has 1 aromatic rings. The molecule has 1 unspecified atom stereocenters. The van der Waals surface area contributed by atoms with E-state index < -0.39 is 0 Å². The molecule has 2 nitrogen and oxygen atoms in total. The summed E-state index contributed by atoms with van der Waals surface area (Å²) in [6.07, 6.45) is 2.14. The molecule has 13 heavy (non-hydrogen) atoms. The van der Waals surface area contributed by atoms with Gasteiger partial charge in [0.15, 0.2) is 0 Å². The Morgan fingerprint density at radius 2 is 2.08 bits per heavy atom. The fraction of sp³-hybridized carbons (Fsp3) is 0.545. The summed E-state index contributed by atoms with van der Waals surface area (Å²) in [4.78, 5) is 4.20. The van der Waals surface area contributed by atoms with Crippen LogP contribution in [0.3, 0.4) is 0 Å². The van der Waals surface area contributed by atoms with Crippen molar-refractivity contribution in [3.8, 4) is 0 Å². The largest absolute Gasteiger partial charge is 0.393 e. The summed E-state index contributed by atoms with van der Waals surface area (Å²) in [5, 5.41) is 9.20. The highest BCUT2D eigenvalue weighted by atomic mass is 16.3. The van der Waals surface area contributed by atoms with Crippen LogP contribution in [0, 0.1) is 0 Å². The average molecular weight is 179 g/mol. The Balaban J connectivity index is 2.79. The van der Waals surface area contributed by atoms with E-state index in [2.05, 4.69) is 24.9 Å². The minimum atomic E-state index is -0.310. The maximum Gasteiger partial charge on any atom is 0.0567 e. The van der Waals surface area contributed by atoms with E-state index in [1.165, 1.54) is 5.56 Å². The molecule has 1 aromatic heterocycles. The second kappa shape index (κ2) is 4.38. The molecule has 1 heterocycles. The number of rotatable bonds is 3. The SMILES string of the molecule is CC(O)Cc1cc(C(C)C)ccn1. The highest BCUT2D eigenvalue weighted by molar-refractivity contribution is 5.19. The lowest BCUT2D eigenvalue weighted by molar-refractivity contribution is 0.194. The Labute approximate surface area is 79.6 Å². The van der Waals surface area contributed by atoms with E-state index in [1.807, 2.05) is 12.3 Å². The number of aliphatic hydroxyl groups excluding tert-OH is 1. The van der Waals surface area contributed by atoms with Crippen LogP contribution < -0.4 is 0 Å². The quantitative estimate of drug-likeness (QED) is 0.771. The van der Waals surface area contributed by atoms with Crippen LogP contribution in [-0.2, 0) is 6.42 Å². The lowest BCUT2D eigenvalue weighted by Gasteiger charge is -2.08. The maximum absolute atomic E-state index is 9.20. The first-order valence-electron chi connectivity index (χ1n) is 4.72. The van der Waals surface area contributed by atoms with Gasteiger partial charge in [-0.2, -0.15) is 0 Å². The molecular weight excluding hydrogens is 162 g/mol. The summed E-state index contributed by atoms with van der Waals surface area (Å²) < 4.78 is 0. The van der Waals surface area contributed by atoms with Crippen molar-refractivity contribution in [3.63, 3.8) is 0 Å². The van der Waals surface area contributed by atoms with Crippen LogP contribution in [0.2, 0.25) is 0 Å². The van der Waals surface area contributed by atoms with E-state index in [0.717, 1.165) is 5.69 Å². The van der Waals surface area contributed by atoms with Gasteiger partial charge in [0.05, 0.1) is 6.10 Å². The molecule has 0 bridgehead atoms. The Bertz CT molecular complexity index is 269. The third-order valence-electron chi connectivity index (χ3n) is 2.01. The first kappa shape index (κ1) is 10.2. The smallest absolute Gasteiger partial charge is 0.0567 e. The van der Waals surface area contributed by atoms with E-state index in [0.29, 0.717) is 12.3 Å². The molecule has 1 atom stereocenters. The molecule has 0 aliphatic heterocycles. The van der Waals surface area contributed by atoms with Crippen molar-refractivity contribution in [1.82, 2.24) is 4.98 Å². The second-order valence-corrected chi connectivity index (χ2v) is 3.79. The standard InChI is InChI=1S/C11H17NO/c1-8(2)10-4-5-12-11(7-10)6-9(3)13/h4-5,7-9,13H,6H2,1-3H3. The molecule has 2 heteroatoms. The fourth-order valence-corrected chi connectivity index (χ4v) is 1.27. The predicted molar refractivity (Wildman–Crippen MR) is 53.7 cm³/mol. The summed E-state index contributed by atoms with van der Waals surface area (Å²) in [5.74, 6) is 0.524. The molecule has 0 amide bonds. The molecule has 0 aliphatic carbocycles. The topological polar surface area (TPSA) is 33.1 Å². The number of aromatic nitrogens is 1. The van der Waals surface area contributed by atoms with Crippen molar-refractivity contribution in [2.45, 2.75) is 39.2 Å². The lowest BCUT2D eigenvalue weighted by Crippen LogP contribution is -2.06. The number of hydrogen-bond acceptors (Lipinski definition) is 2. The van der Waals surface area contributed by atoms with Gasteiger partial charge in [0.25, 0.3) is 0 Å². The molecule has 0 saturated heterocycles. The van der Waals surface area contributed by atoms with Crippen LogP contribution in [0.4, 0.5) is 0 Å². The molecule has 0 spiro atoms. The van der Waals surface area contributed by atoms with Crippen LogP contribution in [0.25, 0.3) is 0 Å². The van der Waals surface area contributed by atoms with Crippen molar-refractivity contribution in [3.05, 3.63) is 29.6 Å². The van der Waals surface area contributed by atoms with Gasteiger partial charge in [-0.25, -0.2) is 0 Å². The minimum absolute atomic E-state index is 0.310. The highest BCUT2D eigenvalue weighted by Gasteiger charge is 2.03. The summed E-state index contributed by atoms with van der Waals surface area (Å²) in [6, 6.07) is 4.09. The van der Waals surface area contributed by atoms with Gasteiger partial charge in [0.1, 0.15) is 0 Å². The first-order valence-corrected chi connectivity index (χ1v) is 4.72. The summed E-state index contributed by atoms with van der Waals surface area (Å²) in [5.41, 5.74) is 2.26. The minimum Gasteiger partial charge on any atom is -0.393 e. The third-order valence-corrected chi connectivity index (χ3v) is 2.01. The molecule has 0 saturated carbocycles. The molecule has 1 rings (SSSR count). The summed E-state index contributed by atoms with van der Waals surface area (Å²) >= 11 is 0. The molecule has 1 N–H and O–H groups in total. The molecule has 0 aromatic carbocycles. The zero-order valence-corrected chi connectivity index (χ0v) is 8.49. The molecular formula is C11H17NO. The Hall–Kier alpha value is -0.890. The van der Waals surface area contributed by atoms with E-state index in [-0.39, 0.29) is 6.10 Å². The number of pyridine rings is 1. The lowest BCUT2D eigenvalue weighted by atomic mass is 10.0. The van der Waals surface area contributed by atoms with Gasteiger partial charge >= 0.3 is 0 Å². The average Bonchev–Trinajstić information content (AvgIpc) is 2.03. The number of hydrogen-bond donors (Lipinski definition) is 1. The maximum atomic E-state index is 9.20. The fourth-order valence-electron chi connectivity index (χ4n) is 1.27. The number of nitrogens with zero attached hydrogens (tertiary/aromatic N) is 1. The predicted octanol–water partition coefficient (Wildman–Crippen LogP) is 2.13. The van der Waals surface area contributed by atoms with E-state index in [9.17, 15) is 5.11 Å². The molecule has 72 valence electrons. The van der Waals surface area contributed by atoms with Crippen LogP contribution in [0.1, 0.15) is 37.9 Å². The van der Waals surface area contributed by atoms with Crippen LogP contribution in [-0.4, -0.2) is 16.2 Å². The second-order valence-electron chi connectivity index (χ2n) is 3.79. The molecule has 0 radical (unpaired) electrons. The van der Waals surface area contributed by atoms with Gasteiger partial charge in [-0.15, -0.1) is 0 Å². The summed E-state index contributed by atoms with van der Waals surface area (Å²) in [7, 11) is 0. The van der Waals surface area contributed by atoms with Crippen molar-refractivity contribution >= 4 is 0 Å². The zero-order valence-electron chi connectivity index (χ0n) is 8.49. The third kappa shape index (κ3) is 3.15. The molecule has 0 aliphatic rings. The van der Waals surface area contributed by atoms with Gasteiger partial charge in [-0.05, 0) is 30.5 Å². The van der Waals surface area contributed by atoms with E-state index in [1.54, 1.807) is 6.92 Å².